The summed E-state index contributed by atoms with van der Waals surface area (Å²) in [6.45, 7) is 1.75. The van der Waals surface area contributed by atoms with E-state index in [0.717, 1.165) is 12.1 Å². The first-order valence-electron chi connectivity index (χ1n) is 6.23. The number of hydrogen-bond acceptors (Lipinski definition) is 3. The molecule has 0 radical (unpaired) electrons. The van der Waals surface area contributed by atoms with Crippen molar-refractivity contribution in [2.24, 2.45) is 0 Å². The fourth-order valence-electron chi connectivity index (χ4n) is 1.98. The van der Waals surface area contributed by atoms with Crippen LogP contribution in [0.15, 0.2) is 42.5 Å². The maximum Gasteiger partial charge on any atom is 0.416 e. The number of alkyl halides is 3. The first-order chi connectivity index (χ1) is 9.77. The van der Waals surface area contributed by atoms with Crippen LogP contribution in [-0.4, -0.2) is 10.2 Å². The summed E-state index contributed by atoms with van der Waals surface area (Å²) in [5.41, 5.74) is 0.323. The van der Waals surface area contributed by atoms with Gasteiger partial charge in [0.1, 0.15) is 11.5 Å². The molecule has 3 N–H and O–H groups in total. The lowest BCUT2D eigenvalue weighted by Crippen LogP contribution is -2.08. The molecule has 2 aromatic rings. The van der Waals surface area contributed by atoms with Crippen LogP contribution in [0.3, 0.4) is 0 Å². The van der Waals surface area contributed by atoms with Gasteiger partial charge in [0.2, 0.25) is 0 Å². The molecule has 1 unspecified atom stereocenters. The SMILES string of the molecule is CC(Nc1ccc(C(F)(F)F)cc1)c1ccc(O)cc1O. The molecule has 0 spiro atoms. The van der Waals surface area contributed by atoms with Crippen molar-refractivity contribution >= 4 is 5.69 Å². The largest absolute Gasteiger partial charge is 0.508 e. The minimum atomic E-state index is -4.36. The van der Waals surface area contributed by atoms with Crippen molar-refractivity contribution in [1.82, 2.24) is 0 Å². The van der Waals surface area contributed by atoms with Gasteiger partial charge in [-0.2, -0.15) is 13.2 Å². The zero-order chi connectivity index (χ0) is 15.6. The van der Waals surface area contributed by atoms with Crippen LogP contribution in [0.2, 0.25) is 0 Å². The molecule has 112 valence electrons. The highest BCUT2D eigenvalue weighted by Crippen LogP contribution is 2.32. The van der Waals surface area contributed by atoms with Crippen LogP contribution >= 0.6 is 0 Å². The maximum absolute atomic E-state index is 12.5. The molecule has 1 atom stereocenters. The number of benzene rings is 2. The third-order valence-electron chi connectivity index (χ3n) is 3.08. The molecule has 2 aromatic carbocycles. The number of aromatic hydroxyl groups is 2. The van der Waals surface area contributed by atoms with Gasteiger partial charge in [-0.1, -0.05) is 0 Å². The lowest BCUT2D eigenvalue weighted by Gasteiger charge is -2.17. The summed E-state index contributed by atoms with van der Waals surface area (Å²) in [6, 6.07) is 8.50. The molecule has 6 heteroatoms. The lowest BCUT2D eigenvalue weighted by molar-refractivity contribution is -0.137. The van der Waals surface area contributed by atoms with Gasteiger partial charge in [0.05, 0.1) is 11.6 Å². The van der Waals surface area contributed by atoms with Gasteiger partial charge in [-0.15, -0.1) is 0 Å². The summed E-state index contributed by atoms with van der Waals surface area (Å²) >= 11 is 0. The minimum absolute atomic E-state index is 0.0574. The van der Waals surface area contributed by atoms with E-state index in [9.17, 15) is 23.4 Å². The Hall–Kier alpha value is -2.37. The summed E-state index contributed by atoms with van der Waals surface area (Å²) in [5.74, 6) is -0.139. The molecule has 0 aliphatic carbocycles. The molecule has 0 aromatic heterocycles. The van der Waals surface area contributed by atoms with Gasteiger partial charge in [0, 0.05) is 17.3 Å². The van der Waals surface area contributed by atoms with Crippen LogP contribution in [0, 0.1) is 0 Å². The van der Waals surface area contributed by atoms with Crippen LogP contribution in [-0.2, 0) is 6.18 Å². The number of phenolic OH excluding ortho intramolecular Hbond substituents is 2. The highest BCUT2D eigenvalue weighted by molar-refractivity contribution is 5.49. The smallest absolute Gasteiger partial charge is 0.416 e. The normalized spacial score (nSPS) is 13.0. The predicted molar refractivity (Wildman–Crippen MR) is 73.3 cm³/mol. The van der Waals surface area contributed by atoms with Crippen molar-refractivity contribution in [3.63, 3.8) is 0 Å². The van der Waals surface area contributed by atoms with Gasteiger partial charge < -0.3 is 15.5 Å². The molecule has 2 rings (SSSR count). The van der Waals surface area contributed by atoms with Crippen LogP contribution in [0.25, 0.3) is 0 Å². The Morgan fingerprint density at radius 3 is 2.14 bits per heavy atom. The summed E-state index contributed by atoms with van der Waals surface area (Å²) in [6.07, 6.45) is -4.36. The van der Waals surface area contributed by atoms with E-state index in [1.54, 1.807) is 13.0 Å². The molecule has 0 bridgehead atoms. The second-order valence-corrected chi connectivity index (χ2v) is 4.68. The van der Waals surface area contributed by atoms with Crippen LogP contribution in [0.4, 0.5) is 18.9 Å². The quantitative estimate of drug-likeness (QED) is 0.792. The molecule has 0 fully saturated rings. The van der Waals surface area contributed by atoms with Crippen molar-refractivity contribution in [3.8, 4) is 11.5 Å². The van der Waals surface area contributed by atoms with Gasteiger partial charge in [-0.3, -0.25) is 0 Å². The molecular weight excluding hydrogens is 283 g/mol. The maximum atomic E-state index is 12.5. The van der Waals surface area contributed by atoms with E-state index in [-0.39, 0.29) is 17.5 Å². The molecule has 0 saturated carbocycles. The number of hydrogen-bond donors (Lipinski definition) is 3. The molecule has 0 aliphatic heterocycles. The van der Waals surface area contributed by atoms with Gasteiger partial charge in [0.25, 0.3) is 0 Å². The van der Waals surface area contributed by atoms with Crippen molar-refractivity contribution in [2.75, 3.05) is 5.32 Å². The Bertz CT molecular complexity index is 624. The number of nitrogens with one attached hydrogen (secondary N) is 1. The summed E-state index contributed by atoms with van der Waals surface area (Å²) in [7, 11) is 0. The molecule has 0 heterocycles. The Balaban J connectivity index is 2.14. The van der Waals surface area contributed by atoms with E-state index in [2.05, 4.69) is 5.32 Å². The lowest BCUT2D eigenvalue weighted by atomic mass is 10.1. The van der Waals surface area contributed by atoms with E-state index >= 15 is 0 Å². The summed E-state index contributed by atoms with van der Waals surface area (Å²) in [4.78, 5) is 0. The van der Waals surface area contributed by atoms with Gasteiger partial charge >= 0.3 is 6.18 Å². The fourth-order valence-corrected chi connectivity index (χ4v) is 1.98. The summed E-state index contributed by atoms with van der Waals surface area (Å²) in [5, 5.41) is 22.0. The van der Waals surface area contributed by atoms with Gasteiger partial charge in [0.15, 0.2) is 0 Å². The average Bonchev–Trinajstić information content (AvgIpc) is 2.38. The van der Waals surface area contributed by atoms with Gasteiger partial charge in [-0.05, 0) is 43.3 Å². The molecular formula is C15H14F3NO2. The van der Waals surface area contributed by atoms with Crippen molar-refractivity contribution in [2.45, 2.75) is 19.1 Å². The van der Waals surface area contributed by atoms with Crippen molar-refractivity contribution < 1.29 is 23.4 Å². The number of anilines is 1. The monoisotopic (exact) mass is 297 g/mol. The van der Waals surface area contributed by atoms with E-state index in [1.165, 1.54) is 24.3 Å². The van der Waals surface area contributed by atoms with Crippen molar-refractivity contribution in [3.05, 3.63) is 53.6 Å². The third kappa shape index (κ3) is 3.59. The first kappa shape index (κ1) is 15.0. The second kappa shape index (κ2) is 5.55. The van der Waals surface area contributed by atoms with Crippen molar-refractivity contribution in [1.29, 1.82) is 0 Å². The summed E-state index contributed by atoms with van der Waals surface area (Å²) < 4.78 is 37.4. The molecule has 0 amide bonds. The average molecular weight is 297 g/mol. The fraction of sp³-hybridized carbons (Fsp3) is 0.200. The Kier molecular flexibility index (Phi) is 3.97. The van der Waals surface area contributed by atoms with E-state index in [1.807, 2.05) is 0 Å². The standard InChI is InChI=1S/C15H14F3NO2/c1-9(13-7-6-12(20)8-14(13)21)19-11-4-2-10(3-5-11)15(16,17)18/h2-9,19-21H,1H3. The molecule has 3 nitrogen and oxygen atoms in total. The van der Waals surface area contributed by atoms with E-state index < -0.39 is 11.7 Å². The second-order valence-electron chi connectivity index (χ2n) is 4.68. The zero-order valence-corrected chi connectivity index (χ0v) is 11.1. The molecule has 21 heavy (non-hydrogen) atoms. The Labute approximate surface area is 119 Å². The van der Waals surface area contributed by atoms with Crippen LogP contribution in [0.1, 0.15) is 24.1 Å². The molecule has 0 saturated heterocycles. The Morgan fingerprint density at radius 1 is 1.00 bits per heavy atom. The van der Waals surface area contributed by atoms with Crippen LogP contribution in [0.5, 0.6) is 11.5 Å². The minimum Gasteiger partial charge on any atom is -0.508 e. The number of rotatable bonds is 3. The van der Waals surface area contributed by atoms with E-state index in [0.29, 0.717) is 11.3 Å². The number of phenols is 2. The number of halogens is 3. The Morgan fingerprint density at radius 2 is 1.62 bits per heavy atom. The van der Waals surface area contributed by atoms with E-state index in [4.69, 9.17) is 0 Å². The van der Waals surface area contributed by atoms with Crippen LogP contribution < -0.4 is 5.32 Å². The van der Waals surface area contributed by atoms with Gasteiger partial charge in [-0.25, -0.2) is 0 Å². The zero-order valence-electron chi connectivity index (χ0n) is 11.1. The highest BCUT2D eigenvalue weighted by Gasteiger charge is 2.29. The highest BCUT2D eigenvalue weighted by atomic mass is 19.4. The topological polar surface area (TPSA) is 52.5 Å². The third-order valence-corrected chi connectivity index (χ3v) is 3.08. The first-order valence-corrected chi connectivity index (χ1v) is 6.23. The molecule has 0 aliphatic rings. The predicted octanol–water partition coefficient (Wildman–Crippen LogP) is 4.29.